The lowest BCUT2D eigenvalue weighted by Gasteiger charge is -2.14. The van der Waals surface area contributed by atoms with Gasteiger partial charge in [0, 0.05) is 6.42 Å². The summed E-state index contributed by atoms with van der Waals surface area (Å²) in [5.74, 6) is -0.746. The van der Waals surface area contributed by atoms with Gasteiger partial charge >= 0.3 is 5.97 Å². The highest BCUT2D eigenvalue weighted by molar-refractivity contribution is 5.66. The second kappa shape index (κ2) is 14.5. The largest absolute Gasteiger partial charge is 0.481 e. The van der Waals surface area contributed by atoms with E-state index in [0.29, 0.717) is 12.8 Å². The van der Waals surface area contributed by atoms with Gasteiger partial charge in [0.25, 0.3) is 0 Å². The van der Waals surface area contributed by atoms with E-state index in [9.17, 15) is 15.0 Å². The van der Waals surface area contributed by atoms with Crippen molar-refractivity contribution in [3.05, 3.63) is 36.5 Å². The second-order valence-corrected chi connectivity index (χ2v) is 5.36. The van der Waals surface area contributed by atoms with Gasteiger partial charge in [0.15, 0.2) is 0 Å². The molecule has 0 saturated heterocycles. The number of hydrogen-bond acceptors (Lipinski definition) is 3. The fourth-order valence-electron chi connectivity index (χ4n) is 1.98. The van der Waals surface area contributed by atoms with E-state index in [1.54, 1.807) is 12.2 Å². The van der Waals surface area contributed by atoms with Gasteiger partial charge < -0.3 is 15.3 Å². The second-order valence-electron chi connectivity index (χ2n) is 5.36. The van der Waals surface area contributed by atoms with Crippen molar-refractivity contribution in [3.8, 4) is 0 Å². The monoisotopic (exact) mass is 310 g/mol. The average molecular weight is 310 g/mol. The maximum atomic E-state index is 10.3. The van der Waals surface area contributed by atoms with Crippen LogP contribution in [0.4, 0.5) is 0 Å². The molecule has 0 aliphatic carbocycles. The van der Waals surface area contributed by atoms with E-state index in [2.05, 4.69) is 6.92 Å². The molecule has 0 spiro atoms. The van der Waals surface area contributed by atoms with Crippen molar-refractivity contribution in [2.75, 3.05) is 0 Å². The highest BCUT2D eigenvalue weighted by Gasteiger charge is 2.11. The Labute approximate surface area is 133 Å². The van der Waals surface area contributed by atoms with Crippen LogP contribution in [0, 0.1) is 0 Å². The van der Waals surface area contributed by atoms with Crippen molar-refractivity contribution in [1.29, 1.82) is 0 Å². The maximum absolute atomic E-state index is 10.3. The molecule has 0 radical (unpaired) electrons. The number of allylic oxidation sites excluding steroid dienone is 5. The fraction of sp³-hybridized carbons (Fsp3) is 0.611. The van der Waals surface area contributed by atoms with E-state index in [-0.39, 0.29) is 6.42 Å². The van der Waals surface area contributed by atoms with E-state index in [1.807, 2.05) is 24.3 Å². The van der Waals surface area contributed by atoms with Crippen LogP contribution >= 0.6 is 0 Å². The summed E-state index contributed by atoms with van der Waals surface area (Å²) in [6.45, 7) is 2.06. The van der Waals surface area contributed by atoms with Crippen LogP contribution in [-0.2, 0) is 4.79 Å². The molecule has 0 heterocycles. The molecule has 0 fully saturated rings. The van der Waals surface area contributed by atoms with Gasteiger partial charge in [-0.25, -0.2) is 0 Å². The van der Waals surface area contributed by atoms with Gasteiger partial charge in [0.05, 0.1) is 12.2 Å². The van der Waals surface area contributed by atoms with Gasteiger partial charge in [-0.3, -0.25) is 4.79 Å². The number of carboxylic acids is 1. The minimum Gasteiger partial charge on any atom is -0.481 e. The minimum atomic E-state index is -0.841. The lowest BCUT2D eigenvalue weighted by molar-refractivity contribution is -0.137. The number of rotatable bonds is 13. The number of aliphatic hydroxyl groups is 2. The first kappa shape index (κ1) is 20.6. The van der Waals surface area contributed by atoms with Crippen LogP contribution in [0.15, 0.2) is 36.5 Å². The molecule has 0 aliphatic heterocycles. The van der Waals surface area contributed by atoms with Crippen molar-refractivity contribution in [1.82, 2.24) is 0 Å². The Kier molecular flexibility index (Phi) is 13.6. The summed E-state index contributed by atoms with van der Waals surface area (Å²) >= 11 is 0. The molecule has 0 rings (SSSR count). The van der Waals surface area contributed by atoms with Gasteiger partial charge in [-0.1, -0.05) is 69.1 Å². The number of carboxylic acid groups (broad SMARTS) is 1. The number of aliphatic hydroxyl groups excluding tert-OH is 2. The summed E-state index contributed by atoms with van der Waals surface area (Å²) in [7, 11) is 0. The SMILES string of the molecule is CC\C=C/C=C\C=C\C(O)C(O)CCCCCCCC(=O)O. The predicted octanol–water partition coefficient (Wildman–Crippen LogP) is 3.60. The van der Waals surface area contributed by atoms with Crippen molar-refractivity contribution in [2.24, 2.45) is 0 Å². The summed E-state index contributed by atoms with van der Waals surface area (Å²) in [4.78, 5) is 10.3. The summed E-state index contributed by atoms with van der Waals surface area (Å²) in [5, 5.41) is 28.1. The van der Waals surface area contributed by atoms with Crippen LogP contribution < -0.4 is 0 Å². The number of carbonyl (C=O) groups is 1. The Bertz CT molecular complexity index is 358. The number of hydrogen-bond donors (Lipinski definition) is 3. The normalized spacial score (nSPS) is 15.0. The van der Waals surface area contributed by atoms with Crippen molar-refractivity contribution in [2.45, 2.75) is 70.5 Å². The van der Waals surface area contributed by atoms with Gasteiger partial charge in [0.2, 0.25) is 0 Å². The third kappa shape index (κ3) is 13.6. The lowest BCUT2D eigenvalue weighted by atomic mass is 10.0. The first-order valence-electron chi connectivity index (χ1n) is 8.15. The first-order valence-corrected chi connectivity index (χ1v) is 8.15. The van der Waals surface area contributed by atoms with Gasteiger partial charge in [-0.15, -0.1) is 0 Å². The molecule has 0 aromatic carbocycles. The summed E-state index contributed by atoms with van der Waals surface area (Å²) in [6, 6.07) is 0. The Hall–Kier alpha value is -1.39. The molecule has 0 aromatic rings. The van der Waals surface area contributed by atoms with E-state index in [0.717, 1.165) is 32.1 Å². The summed E-state index contributed by atoms with van der Waals surface area (Å²) in [6.07, 6.45) is 15.6. The smallest absolute Gasteiger partial charge is 0.303 e. The average Bonchev–Trinajstić information content (AvgIpc) is 2.49. The highest BCUT2D eigenvalue weighted by atomic mass is 16.4. The van der Waals surface area contributed by atoms with Gasteiger partial charge in [-0.2, -0.15) is 0 Å². The molecule has 0 aliphatic rings. The standard InChI is InChI=1S/C18H30O4/c1-2-3-4-5-7-10-13-16(19)17(20)14-11-8-6-9-12-15-18(21)22/h3-5,7,10,13,16-17,19-20H,2,6,8-9,11-12,14-15H2,1H3,(H,21,22)/b4-3-,7-5-,13-10+. The quantitative estimate of drug-likeness (QED) is 0.359. The molecular weight excluding hydrogens is 280 g/mol. The summed E-state index contributed by atoms with van der Waals surface area (Å²) < 4.78 is 0. The third-order valence-electron chi connectivity index (χ3n) is 3.30. The van der Waals surface area contributed by atoms with Gasteiger partial charge in [-0.05, 0) is 19.3 Å². The molecule has 4 nitrogen and oxygen atoms in total. The van der Waals surface area contributed by atoms with Crippen molar-refractivity contribution >= 4 is 5.97 Å². The molecule has 0 bridgehead atoms. The molecule has 4 heteroatoms. The Morgan fingerprint density at radius 3 is 2.27 bits per heavy atom. The number of aliphatic carboxylic acids is 1. The maximum Gasteiger partial charge on any atom is 0.303 e. The first-order chi connectivity index (χ1) is 10.6. The zero-order valence-electron chi connectivity index (χ0n) is 13.5. The molecule has 2 unspecified atom stereocenters. The van der Waals surface area contributed by atoms with Crippen LogP contribution in [-0.4, -0.2) is 33.5 Å². The molecule has 126 valence electrons. The molecule has 0 aromatic heterocycles. The van der Waals surface area contributed by atoms with E-state index >= 15 is 0 Å². The topological polar surface area (TPSA) is 77.8 Å². The lowest BCUT2D eigenvalue weighted by Crippen LogP contribution is -2.23. The third-order valence-corrected chi connectivity index (χ3v) is 3.30. The Morgan fingerprint density at radius 2 is 1.59 bits per heavy atom. The molecule has 3 N–H and O–H groups in total. The Balaban J connectivity index is 3.67. The zero-order valence-corrected chi connectivity index (χ0v) is 13.5. The van der Waals surface area contributed by atoms with E-state index < -0.39 is 18.2 Å². The predicted molar refractivity (Wildman–Crippen MR) is 89.7 cm³/mol. The summed E-state index contributed by atoms with van der Waals surface area (Å²) in [5.41, 5.74) is 0. The minimum absolute atomic E-state index is 0.229. The van der Waals surface area contributed by atoms with Crippen LogP contribution in [0.1, 0.15) is 58.3 Å². The van der Waals surface area contributed by atoms with Crippen LogP contribution in [0.3, 0.4) is 0 Å². The molecular formula is C18H30O4. The molecule has 22 heavy (non-hydrogen) atoms. The fourth-order valence-corrected chi connectivity index (χ4v) is 1.98. The van der Waals surface area contributed by atoms with Crippen molar-refractivity contribution in [3.63, 3.8) is 0 Å². The van der Waals surface area contributed by atoms with Gasteiger partial charge in [0.1, 0.15) is 0 Å². The van der Waals surface area contributed by atoms with Crippen LogP contribution in [0.25, 0.3) is 0 Å². The van der Waals surface area contributed by atoms with Crippen molar-refractivity contribution < 1.29 is 20.1 Å². The molecule has 2 atom stereocenters. The van der Waals surface area contributed by atoms with Crippen LogP contribution in [0.5, 0.6) is 0 Å². The van der Waals surface area contributed by atoms with Crippen LogP contribution in [0.2, 0.25) is 0 Å². The number of unbranched alkanes of at least 4 members (excludes halogenated alkanes) is 4. The van der Waals surface area contributed by atoms with E-state index in [4.69, 9.17) is 5.11 Å². The Morgan fingerprint density at radius 1 is 0.955 bits per heavy atom. The highest BCUT2D eigenvalue weighted by Crippen LogP contribution is 2.11. The molecule has 0 amide bonds. The zero-order chi connectivity index (χ0) is 16.6. The molecule has 0 saturated carbocycles. The van der Waals surface area contributed by atoms with E-state index in [1.165, 1.54) is 0 Å².